The highest BCUT2D eigenvalue weighted by atomic mass is 32.2. The Morgan fingerprint density at radius 2 is 1.45 bits per heavy atom. The smallest absolute Gasteiger partial charge is 0.203 e. The lowest BCUT2D eigenvalue weighted by Gasteiger charge is -2.27. The predicted molar refractivity (Wildman–Crippen MR) is 138 cm³/mol. The van der Waals surface area contributed by atoms with Crippen LogP contribution in [0.25, 0.3) is 0 Å². The predicted octanol–water partition coefficient (Wildman–Crippen LogP) is 8.99. The number of allylic oxidation sites excluding steroid dienone is 4. The summed E-state index contributed by atoms with van der Waals surface area (Å²) in [5.41, 5.74) is 1.83. The lowest BCUT2D eigenvalue weighted by atomic mass is 9.72. The summed E-state index contributed by atoms with van der Waals surface area (Å²) >= 11 is 1.34. The molecule has 0 spiro atoms. The van der Waals surface area contributed by atoms with E-state index >= 15 is 0 Å². The van der Waals surface area contributed by atoms with Gasteiger partial charge in [-0.05, 0) is 59.8 Å². The van der Waals surface area contributed by atoms with Crippen molar-refractivity contribution >= 4 is 22.7 Å². The maximum absolute atomic E-state index is 13.6. The number of hydrogen-bond acceptors (Lipinski definition) is 3. The van der Waals surface area contributed by atoms with Crippen LogP contribution in [0.15, 0.2) is 23.3 Å². The topological polar surface area (TPSA) is 34.1 Å². The summed E-state index contributed by atoms with van der Waals surface area (Å²) in [6.07, 6.45) is 19.5. The highest BCUT2D eigenvalue weighted by Crippen LogP contribution is 2.53. The molecule has 178 valence electrons. The van der Waals surface area contributed by atoms with E-state index in [2.05, 4.69) is 46.8 Å². The second-order valence-corrected chi connectivity index (χ2v) is 11.6. The number of rotatable bonds is 16. The molecule has 0 amide bonds. The summed E-state index contributed by atoms with van der Waals surface area (Å²) in [5.74, 6) is 0.202. The fourth-order valence-corrected chi connectivity index (χ4v) is 6.08. The van der Waals surface area contributed by atoms with Gasteiger partial charge in [0.1, 0.15) is 5.41 Å². The van der Waals surface area contributed by atoms with Crippen LogP contribution in [-0.2, 0) is 9.59 Å². The molecule has 3 heteroatoms. The van der Waals surface area contributed by atoms with Gasteiger partial charge in [-0.2, -0.15) is 0 Å². The van der Waals surface area contributed by atoms with Crippen LogP contribution in [0.5, 0.6) is 0 Å². The minimum Gasteiger partial charge on any atom is -0.297 e. The van der Waals surface area contributed by atoms with Gasteiger partial charge >= 0.3 is 0 Å². The summed E-state index contributed by atoms with van der Waals surface area (Å²) in [7, 11) is 0. The maximum atomic E-state index is 13.6. The van der Waals surface area contributed by atoms with Crippen LogP contribution in [-0.4, -0.2) is 15.6 Å². The monoisotopic (exact) mass is 448 g/mol. The Kier molecular flexibility index (Phi) is 13.1. The van der Waals surface area contributed by atoms with Gasteiger partial charge in [-0.3, -0.25) is 9.59 Å². The SMILES string of the molecule is CCCCCCCCCCC1(C)SC(=O)C(C/C=C(\C)CCC=C(C)C)(CCC)C1=O. The molecule has 1 aliphatic heterocycles. The van der Waals surface area contributed by atoms with Gasteiger partial charge in [-0.15, -0.1) is 0 Å². The molecule has 2 atom stereocenters. The molecule has 0 aromatic heterocycles. The highest BCUT2D eigenvalue weighted by molar-refractivity contribution is 8.16. The average Bonchev–Trinajstić information content (AvgIpc) is 2.89. The molecule has 31 heavy (non-hydrogen) atoms. The summed E-state index contributed by atoms with van der Waals surface area (Å²) in [6.45, 7) is 12.7. The Labute approximate surface area is 197 Å². The second-order valence-electron chi connectivity index (χ2n) is 10.1. The molecule has 1 rings (SSSR count). The Bertz CT molecular complexity index is 629. The zero-order valence-corrected chi connectivity index (χ0v) is 22.1. The van der Waals surface area contributed by atoms with Gasteiger partial charge < -0.3 is 0 Å². The lowest BCUT2D eigenvalue weighted by Crippen LogP contribution is -2.39. The van der Waals surface area contributed by atoms with E-state index in [1.165, 1.54) is 67.9 Å². The molecule has 2 nitrogen and oxygen atoms in total. The lowest BCUT2D eigenvalue weighted by molar-refractivity contribution is -0.136. The van der Waals surface area contributed by atoms with E-state index in [0.717, 1.165) is 32.1 Å². The first-order valence-corrected chi connectivity index (χ1v) is 13.6. The Morgan fingerprint density at radius 3 is 2.03 bits per heavy atom. The fraction of sp³-hybridized carbons (Fsp3) is 0.786. The molecule has 0 aromatic carbocycles. The van der Waals surface area contributed by atoms with Crippen molar-refractivity contribution < 1.29 is 9.59 Å². The second kappa shape index (κ2) is 14.3. The van der Waals surface area contributed by atoms with E-state index in [1.54, 1.807) is 0 Å². The summed E-state index contributed by atoms with van der Waals surface area (Å²) in [4.78, 5) is 26.8. The minimum atomic E-state index is -0.800. The van der Waals surface area contributed by atoms with Crippen molar-refractivity contribution in [1.82, 2.24) is 0 Å². The summed E-state index contributed by atoms with van der Waals surface area (Å²) in [5, 5.41) is 0.120. The third kappa shape index (κ3) is 8.91. The Hall–Kier alpha value is -0.830. The third-order valence-corrected chi connectivity index (χ3v) is 8.11. The summed E-state index contributed by atoms with van der Waals surface area (Å²) in [6, 6.07) is 0. The van der Waals surface area contributed by atoms with Crippen molar-refractivity contribution in [2.45, 2.75) is 136 Å². The van der Waals surface area contributed by atoms with E-state index in [0.29, 0.717) is 12.8 Å². The van der Waals surface area contributed by atoms with Crippen molar-refractivity contribution in [3.05, 3.63) is 23.3 Å². The molecular weight excluding hydrogens is 400 g/mol. The minimum absolute atomic E-state index is 0.120. The number of unbranched alkanes of at least 4 members (excludes halogenated alkanes) is 7. The van der Waals surface area contributed by atoms with Crippen LogP contribution in [0.4, 0.5) is 0 Å². The average molecular weight is 449 g/mol. The van der Waals surface area contributed by atoms with Gasteiger partial charge in [0.15, 0.2) is 5.78 Å². The van der Waals surface area contributed by atoms with Crippen LogP contribution in [0, 0.1) is 5.41 Å². The first kappa shape index (κ1) is 28.2. The number of carbonyl (C=O) groups excluding carboxylic acids is 2. The number of ketones is 1. The molecule has 0 radical (unpaired) electrons. The quantitative estimate of drug-likeness (QED) is 0.134. The first-order chi connectivity index (χ1) is 14.7. The van der Waals surface area contributed by atoms with Crippen molar-refractivity contribution in [3.63, 3.8) is 0 Å². The first-order valence-electron chi connectivity index (χ1n) is 12.8. The molecule has 1 aliphatic rings. The van der Waals surface area contributed by atoms with Crippen molar-refractivity contribution in [3.8, 4) is 0 Å². The van der Waals surface area contributed by atoms with E-state index < -0.39 is 10.2 Å². The van der Waals surface area contributed by atoms with E-state index in [9.17, 15) is 9.59 Å². The van der Waals surface area contributed by atoms with Crippen LogP contribution in [0.3, 0.4) is 0 Å². The van der Waals surface area contributed by atoms with E-state index in [-0.39, 0.29) is 10.9 Å². The molecular formula is C28H48O2S. The summed E-state index contributed by atoms with van der Waals surface area (Å²) < 4.78 is -0.529. The Balaban J connectivity index is 2.68. The molecule has 0 N–H and O–H groups in total. The number of carbonyl (C=O) groups is 2. The third-order valence-electron chi connectivity index (χ3n) is 6.70. The maximum Gasteiger partial charge on any atom is 0.203 e. The number of thioether (sulfide) groups is 1. The molecule has 0 aliphatic carbocycles. The van der Waals surface area contributed by atoms with Crippen LogP contribution in [0.2, 0.25) is 0 Å². The van der Waals surface area contributed by atoms with Gasteiger partial charge in [0.2, 0.25) is 5.12 Å². The zero-order chi connectivity index (χ0) is 23.3. The van der Waals surface area contributed by atoms with Gasteiger partial charge in [-0.25, -0.2) is 0 Å². The standard InChI is InChI=1S/C28H48O2S/c1-7-9-10-11-12-13-14-15-21-27(6)25(29)28(20-8-2,26(30)31-27)22-19-24(5)18-16-17-23(3)4/h17,19H,7-16,18,20-22H2,1-6H3/b24-19+. The molecule has 0 saturated carbocycles. The molecule has 0 bridgehead atoms. The van der Waals surface area contributed by atoms with Gasteiger partial charge in [-0.1, -0.05) is 107 Å². The molecule has 1 saturated heterocycles. The van der Waals surface area contributed by atoms with Crippen molar-refractivity contribution in [2.24, 2.45) is 5.41 Å². The van der Waals surface area contributed by atoms with Crippen molar-refractivity contribution in [1.29, 1.82) is 0 Å². The van der Waals surface area contributed by atoms with Gasteiger partial charge in [0, 0.05) is 0 Å². The largest absolute Gasteiger partial charge is 0.297 e. The van der Waals surface area contributed by atoms with E-state index in [4.69, 9.17) is 0 Å². The number of hydrogen-bond donors (Lipinski definition) is 0. The van der Waals surface area contributed by atoms with Gasteiger partial charge in [0.25, 0.3) is 0 Å². The molecule has 1 heterocycles. The molecule has 2 unspecified atom stereocenters. The van der Waals surface area contributed by atoms with Crippen LogP contribution >= 0.6 is 11.8 Å². The van der Waals surface area contributed by atoms with E-state index in [1.807, 2.05) is 6.92 Å². The highest BCUT2D eigenvalue weighted by Gasteiger charge is 2.59. The molecule has 1 fully saturated rings. The van der Waals surface area contributed by atoms with Crippen LogP contribution < -0.4 is 0 Å². The Morgan fingerprint density at radius 1 is 0.839 bits per heavy atom. The van der Waals surface area contributed by atoms with Crippen LogP contribution in [0.1, 0.15) is 131 Å². The molecule has 0 aromatic rings. The van der Waals surface area contributed by atoms with Gasteiger partial charge in [0.05, 0.1) is 4.75 Å². The van der Waals surface area contributed by atoms with Crippen molar-refractivity contribution in [2.75, 3.05) is 0 Å². The number of Topliss-reactive ketones (excluding diaryl/α,β-unsaturated/α-hetero) is 1. The zero-order valence-electron chi connectivity index (χ0n) is 21.3. The normalized spacial score (nSPS) is 24.1. The fourth-order valence-electron chi connectivity index (χ4n) is 4.67.